The summed E-state index contributed by atoms with van der Waals surface area (Å²) in [6.45, 7) is 0. The summed E-state index contributed by atoms with van der Waals surface area (Å²) < 4.78 is 13.1. The molecule has 1 heterocycles. The maximum atomic E-state index is 13.1. The van der Waals surface area contributed by atoms with Crippen LogP contribution in [-0.2, 0) is 16.0 Å². The molecule has 2 aromatic rings. The fourth-order valence-corrected chi connectivity index (χ4v) is 3.12. The maximum absolute atomic E-state index is 13.1. The number of amides is 2. The number of halogens is 1. The standard InChI is InChI=1S/C20H18FN3O4/c1-22-17(11-13-7-9-15(21)10-8-13)19(25)23(2)18(20(22)26)12-14-5-3-4-6-16(14)24(27)28/h3-10,12,17H,11H2,1-2H3. The second-order valence-electron chi connectivity index (χ2n) is 6.51. The van der Waals surface area contributed by atoms with Crippen molar-refractivity contribution < 1.29 is 18.9 Å². The quantitative estimate of drug-likeness (QED) is 0.462. The molecular formula is C20H18FN3O4. The van der Waals surface area contributed by atoms with Crippen molar-refractivity contribution in [2.45, 2.75) is 12.5 Å². The lowest BCUT2D eigenvalue weighted by Gasteiger charge is -2.38. The molecule has 28 heavy (non-hydrogen) atoms. The zero-order valence-corrected chi connectivity index (χ0v) is 15.3. The summed E-state index contributed by atoms with van der Waals surface area (Å²) >= 11 is 0. The minimum Gasteiger partial charge on any atom is -0.328 e. The van der Waals surface area contributed by atoms with Gasteiger partial charge in [0.2, 0.25) is 5.91 Å². The van der Waals surface area contributed by atoms with E-state index in [1.54, 1.807) is 18.2 Å². The highest BCUT2D eigenvalue weighted by Gasteiger charge is 2.39. The van der Waals surface area contributed by atoms with Crippen LogP contribution in [-0.4, -0.2) is 46.7 Å². The predicted octanol–water partition coefficient (Wildman–Crippen LogP) is 2.62. The molecule has 0 spiro atoms. The van der Waals surface area contributed by atoms with Crippen molar-refractivity contribution in [1.82, 2.24) is 9.80 Å². The van der Waals surface area contributed by atoms with Crippen LogP contribution in [0, 0.1) is 15.9 Å². The average molecular weight is 383 g/mol. The van der Waals surface area contributed by atoms with Crippen LogP contribution in [0.5, 0.6) is 0 Å². The van der Waals surface area contributed by atoms with Gasteiger partial charge in [0.05, 0.1) is 10.5 Å². The van der Waals surface area contributed by atoms with E-state index < -0.39 is 16.9 Å². The summed E-state index contributed by atoms with van der Waals surface area (Å²) in [5.41, 5.74) is 0.858. The first-order chi connectivity index (χ1) is 13.3. The molecule has 2 amide bonds. The Balaban J connectivity index is 1.92. The Kier molecular flexibility index (Phi) is 5.21. The van der Waals surface area contributed by atoms with Gasteiger partial charge < -0.3 is 9.80 Å². The van der Waals surface area contributed by atoms with Crippen LogP contribution < -0.4 is 0 Å². The first kappa shape index (κ1) is 19.2. The van der Waals surface area contributed by atoms with Gasteiger partial charge in [0.15, 0.2) is 0 Å². The molecule has 7 nitrogen and oxygen atoms in total. The minimum atomic E-state index is -0.745. The highest BCUT2D eigenvalue weighted by Crippen LogP contribution is 2.26. The third-order valence-electron chi connectivity index (χ3n) is 4.75. The lowest BCUT2D eigenvalue weighted by Crippen LogP contribution is -2.56. The average Bonchev–Trinajstić information content (AvgIpc) is 2.68. The fraction of sp³-hybridized carbons (Fsp3) is 0.200. The molecule has 1 fully saturated rings. The SMILES string of the molecule is CN1C(=O)C(Cc2ccc(F)cc2)N(C)C(=O)C1=Cc1ccccc1[N+](=O)[O-]. The number of piperazine rings is 1. The zero-order valence-electron chi connectivity index (χ0n) is 15.3. The van der Waals surface area contributed by atoms with E-state index in [1.165, 1.54) is 60.3 Å². The monoisotopic (exact) mass is 383 g/mol. The number of nitro groups is 1. The molecule has 3 rings (SSSR count). The van der Waals surface area contributed by atoms with Crippen LogP contribution in [0.15, 0.2) is 54.2 Å². The van der Waals surface area contributed by atoms with Crippen molar-refractivity contribution in [3.05, 3.63) is 81.3 Å². The van der Waals surface area contributed by atoms with Gasteiger partial charge >= 0.3 is 0 Å². The molecule has 0 N–H and O–H groups in total. The van der Waals surface area contributed by atoms with Gasteiger partial charge in [-0.2, -0.15) is 0 Å². The summed E-state index contributed by atoms with van der Waals surface area (Å²) in [4.78, 5) is 38.9. The number of hydrogen-bond donors (Lipinski definition) is 0. The lowest BCUT2D eigenvalue weighted by molar-refractivity contribution is -0.385. The van der Waals surface area contributed by atoms with Crippen LogP contribution in [0.4, 0.5) is 10.1 Å². The van der Waals surface area contributed by atoms with Crippen LogP contribution in [0.1, 0.15) is 11.1 Å². The largest absolute Gasteiger partial charge is 0.328 e. The van der Waals surface area contributed by atoms with E-state index >= 15 is 0 Å². The first-order valence-electron chi connectivity index (χ1n) is 8.54. The summed E-state index contributed by atoms with van der Waals surface area (Å²) in [5.74, 6) is -1.13. The van der Waals surface area contributed by atoms with Gasteiger partial charge in [-0.05, 0) is 29.8 Å². The smallest absolute Gasteiger partial charge is 0.276 e. The molecule has 1 aliphatic heterocycles. The molecule has 1 atom stereocenters. The molecule has 0 saturated carbocycles. The zero-order chi connectivity index (χ0) is 20.4. The number of carbonyl (C=O) groups excluding carboxylic acids is 2. The van der Waals surface area contributed by atoms with Gasteiger partial charge in [-0.3, -0.25) is 19.7 Å². The van der Waals surface area contributed by atoms with Crippen molar-refractivity contribution in [3.63, 3.8) is 0 Å². The number of likely N-dealkylation sites (N-methyl/N-ethyl adjacent to an activating group) is 2. The molecular weight excluding hydrogens is 365 g/mol. The number of carbonyl (C=O) groups is 2. The maximum Gasteiger partial charge on any atom is 0.276 e. The Bertz CT molecular complexity index is 972. The molecule has 1 unspecified atom stereocenters. The summed E-state index contributed by atoms with van der Waals surface area (Å²) in [6.07, 6.45) is 1.59. The van der Waals surface area contributed by atoms with Gasteiger partial charge in [0, 0.05) is 26.6 Å². The molecule has 1 saturated heterocycles. The molecule has 8 heteroatoms. The molecule has 1 aliphatic rings. The van der Waals surface area contributed by atoms with Crippen molar-refractivity contribution in [3.8, 4) is 0 Å². The van der Waals surface area contributed by atoms with Crippen molar-refractivity contribution in [1.29, 1.82) is 0 Å². The van der Waals surface area contributed by atoms with Gasteiger partial charge in [0.25, 0.3) is 11.6 Å². The van der Waals surface area contributed by atoms with E-state index in [-0.39, 0.29) is 35.1 Å². The number of hydrogen-bond acceptors (Lipinski definition) is 4. The number of rotatable bonds is 4. The summed E-state index contributed by atoms with van der Waals surface area (Å²) in [5, 5.41) is 11.2. The van der Waals surface area contributed by atoms with Gasteiger partial charge in [0.1, 0.15) is 17.6 Å². The Morgan fingerprint density at radius 2 is 1.75 bits per heavy atom. The Morgan fingerprint density at radius 3 is 2.39 bits per heavy atom. The first-order valence-corrected chi connectivity index (χ1v) is 8.54. The fourth-order valence-electron chi connectivity index (χ4n) is 3.12. The van der Waals surface area contributed by atoms with Crippen LogP contribution >= 0.6 is 0 Å². The number of nitro benzene ring substituents is 1. The van der Waals surface area contributed by atoms with E-state index in [2.05, 4.69) is 0 Å². The highest BCUT2D eigenvalue weighted by molar-refractivity contribution is 6.07. The van der Waals surface area contributed by atoms with Crippen molar-refractivity contribution >= 4 is 23.6 Å². The minimum absolute atomic E-state index is 0.0529. The number of nitrogens with zero attached hydrogens (tertiary/aromatic N) is 3. The highest BCUT2D eigenvalue weighted by atomic mass is 19.1. The Morgan fingerprint density at radius 1 is 1.11 bits per heavy atom. The third-order valence-corrected chi connectivity index (χ3v) is 4.75. The topological polar surface area (TPSA) is 83.8 Å². The second kappa shape index (κ2) is 7.59. The normalized spacial score (nSPS) is 18.7. The van der Waals surface area contributed by atoms with E-state index in [9.17, 15) is 24.1 Å². The second-order valence-corrected chi connectivity index (χ2v) is 6.51. The van der Waals surface area contributed by atoms with Crippen molar-refractivity contribution in [2.75, 3.05) is 14.1 Å². The van der Waals surface area contributed by atoms with Crippen LogP contribution in [0.2, 0.25) is 0 Å². The Labute approximate surface area is 160 Å². The van der Waals surface area contributed by atoms with Crippen LogP contribution in [0.3, 0.4) is 0 Å². The van der Waals surface area contributed by atoms with Gasteiger partial charge in [-0.1, -0.05) is 24.3 Å². The molecule has 2 aromatic carbocycles. The molecule has 0 bridgehead atoms. The lowest BCUT2D eigenvalue weighted by atomic mass is 10.00. The molecule has 144 valence electrons. The van der Waals surface area contributed by atoms with Crippen LogP contribution in [0.25, 0.3) is 6.08 Å². The number of benzene rings is 2. The van der Waals surface area contributed by atoms with E-state index in [0.29, 0.717) is 0 Å². The number of para-hydroxylation sites is 1. The summed E-state index contributed by atoms with van der Waals surface area (Å²) in [6, 6.07) is 11.0. The van der Waals surface area contributed by atoms with E-state index in [0.717, 1.165) is 5.56 Å². The van der Waals surface area contributed by atoms with Gasteiger partial charge in [-0.15, -0.1) is 0 Å². The van der Waals surface area contributed by atoms with Crippen molar-refractivity contribution in [2.24, 2.45) is 0 Å². The molecule has 0 aromatic heterocycles. The predicted molar refractivity (Wildman–Crippen MR) is 101 cm³/mol. The van der Waals surface area contributed by atoms with E-state index in [4.69, 9.17) is 0 Å². The Hall–Kier alpha value is -3.55. The molecule has 0 aliphatic carbocycles. The summed E-state index contributed by atoms with van der Waals surface area (Å²) in [7, 11) is 2.97. The van der Waals surface area contributed by atoms with Gasteiger partial charge in [-0.25, -0.2) is 4.39 Å². The van der Waals surface area contributed by atoms with E-state index in [1.807, 2.05) is 0 Å². The third kappa shape index (κ3) is 3.62. The molecule has 0 radical (unpaired) electrons.